The van der Waals surface area contributed by atoms with Crippen molar-refractivity contribution in [3.8, 4) is 0 Å². The summed E-state index contributed by atoms with van der Waals surface area (Å²) in [5, 5.41) is 3.35. The highest BCUT2D eigenvalue weighted by molar-refractivity contribution is 9.10. The lowest BCUT2D eigenvalue weighted by Crippen LogP contribution is -2.33. The van der Waals surface area contributed by atoms with Crippen LogP contribution in [0.25, 0.3) is 0 Å². The van der Waals surface area contributed by atoms with Gasteiger partial charge in [-0.3, -0.25) is 0 Å². The highest BCUT2D eigenvalue weighted by atomic mass is 79.9. The second-order valence-electron chi connectivity index (χ2n) is 5.50. The lowest BCUT2D eigenvalue weighted by atomic mass is 10.0. The lowest BCUT2D eigenvalue weighted by molar-refractivity contribution is 0.412. The molecule has 20 heavy (non-hydrogen) atoms. The molecule has 1 aromatic rings. The third kappa shape index (κ3) is 5.08. The maximum atomic E-state index is 3.59. The second-order valence-corrected chi connectivity index (χ2v) is 6.42. The molecule has 0 radical (unpaired) electrons. The summed E-state index contributed by atoms with van der Waals surface area (Å²) in [4.78, 5) is 4.73. The first-order chi connectivity index (χ1) is 9.49. The van der Waals surface area contributed by atoms with Crippen molar-refractivity contribution in [1.29, 1.82) is 0 Å². The molecule has 1 unspecified atom stereocenters. The Hall–Kier alpha value is -0.580. The van der Waals surface area contributed by atoms with Crippen LogP contribution in [0, 0.1) is 0 Å². The summed E-state index contributed by atoms with van der Waals surface area (Å²) in [6.45, 7) is 7.68. The van der Waals surface area contributed by atoms with E-state index in [0.29, 0.717) is 6.04 Å². The van der Waals surface area contributed by atoms with E-state index in [0.717, 1.165) is 30.5 Å². The fourth-order valence-electron chi connectivity index (χ4n) is 2.26. The zero-order valence-electron chi connectivity index (χ0n) is 13.4. The van der Waals surface area contributed by atoms with Crippen molar-refractivity contribution in [1.82, 2.24) is 10.2 Å². The zero-order chi connectivity index (χ0) is 15.1. The molecule has 1 rings (SSSR count). The summed E-state index contributed by atoms with van der Waals surface area (Å²) < 4.78 is 1.14. The standard InChI is InChI=1S/C16H28BrN3/c1-6-9-20(11-10-19(4)5)16-8-7-14(17)12-15(16)13(2)18-3/h7-8,12-13,18H,6,9-11H2,1-5H3. The fraction of sp³-hybridized carbons (Fsp3) is 0.625. The van der Waals surface area contributed by atoms with E-state index in [2.05, 4.69) is 77.2 Å². The monoisotopic (exact) mass is 341 g/mol. The van der Waals surface area contributed by atoms with Gasteiger partial charge >= 0.3 is 0 Å². The van der Waals surface area contributed by atoms with Gasteiger partial charge < -0.3 is 15.1 Å². The van der Waals surface area contributed by atoms with Crippen molar-refractivity contribution in [2.75, 3.05) is 45.7 Å². The van der Waals surface area contributed by atoms with Crippen molar-refractivity contribution < 1.29 is 0 Å². The Bertz CT molecular complexity index is 407. The Labute approximate surface area is 132 Å². The van der Waals surface area contributed by atoms with Gasteiger partial charge in [0.25, 0.3) is 0 Å². The minimum Gasteiger partial charge on any atom is -0.370 e. The van der Waals surface area contributed by atoms with Crippen molar-refractivity contribution >= 4 is 21.6 Å². The maximum Gasteiger partial charge on any atom is 0.0415 e. The summed E-state index contributed by atoms with van der Waals surface area (Å²) in [5.74, 6) is 0. The van der Waals surface area contributed by atoms with E-state index in [4.69, 9.17) is 0 Å². The van der Waals surface area contributed by atoms with E-state index in [9.17, 15) is 0 Å². The molecule has 1 aromatic carbocycles. The average Bonchev–Trinajstić information content (AvgIpc) is 2.42. The Morgan fingerprint density at radius 3 is 2.45 bits per heavy atom. The van der Waals surface area contributed by atoms with Crippen LogP contribution in [0.1, 0.15) is 31.9 Å². The molecular formula is C16H28BrN3. The normalized spacial score (nSPS) is 12.8. The van der Waals surface area contributed by atoms with Gasteiger partial charge in [0, 0.05) is 35.8 Å². The smallest absolute Gasteiger partial charge is 0.0415 e. The van der Waals surface area contributed by atoms with Gasteiger partial charge in [0.2, 0.25) is 0 Å². The van der Waals surface area contributed by atoms with Crippen LogP contribution in [-0.4, -0.2) is 45.7 Å². The Morgan fingerprint density at radius 2 is 1.90 bits per heavy atom. The van der Waals surface area contributed by atoms with E-state index in [1.54, 1.807) is 0 Å². The number of anilines is 1. The van der Waals surface area contributed by atoms with Crippen LogP contribution in [0.15, 0.2) is 22.7 Å². The molecule has 0 amide bonds. The number of rotatable bonds is 8. The summed E-state index contributed by atoms with van der Waals surface area (Å²) in [5.41, 5.74) is 2.70. The molecule has 0 aliphatic heterocycles. The maximum absolute atomic E-state index is 3.59. The van der Waals surface area contributed by atoms with E-state index in [1.807, 2.05) is 7.05 Å². The first-order valence-electron chi connectivity index (χ1n) is 7.36. The quantitative estimate of drug-likeness (QED) is 0.780. The molecular weight excluding hydrogens is 314 g/mol. The topological polar surface area (TPSA) is 18.5 Å². The molecule has 4 heteroatoms. The van der Waals surface area contributed by atoms with Crippen molar-refractivity contribution in [3.05, 3.63) is 28.2 Å². The molecule has 114 valence electrons. The van der Waals surface area contributed by atoms with Crippen LogP contribution >= 0.6 is 15.9 Å². The second kappa shape index (κ2) is 8.65. The van der Waals surface area contributed by atoms with Gasteiger partial charge in [-0.2, -0.15) is 0 Å². The van der Waals surface area contributed by atoms with Crippen LogP contribution in [0.5, 0.6) is 0 Å². The minimum atomic E-state index is 0.348. The molecule has 3 nitrogen and oxygen atoms in total. The highest BCUT2D eigenvalue weighted by Gasteiger charge is 2.15. The van der Waals surface area contributed by atoms with Gasteiger partial charge in [0.05, 0.1) is 0 Å². The van der Waals surface area contributed by atoms with E-state index >= 15 is 0 Å². The number of nitrogens with one attached hydrogen (secondary N) is 1. The van der Waals surface area contributed by atoms with Gasteiger partial charge in [-0.05, 0) is 58.3 Å². The predicted molar refractivity (Wildman–Crippen MR) is 92.7 cm³/mol. The van der Waals surface area contributed by atoms with Crippen LogP contribution in [0.3, 0.4) is 0 Å². The summed E-state index contributed by atoms with van der Waals surface area (Å²) >= 11 is 3.59. The number of benzene rings is 1. The van der Waals surface area contributed by atoms with Gasteiger partial charge in [-0.25, -0.2) is 0 Å². The van der Waals surface area contributed by atoms with Gasteiger partial charge in [0.1, 0.15) is 0 Å². The number of likely N-dealkylation sites (N-methyl/N-ethyl adjacent to an activating group) is 1. The van der Waals surface area contributed by atoms with Crippen molar-refractivity contribution in [2.45, 2.75) is 26.3 Å². The van der Waals surface area contributed by atoms with E-state index < -0.39 is 0 Å². The molecule has 1 N–H and O–H groups in total. The Balaban J connectivity index is 3.04. The van der Waals surface area contributed by atoms with E-state index in [1.165, 1.54) is 11.3 Å². The SMILES string of the molecule is CCCN(CCN(C)C)c1ccc(Br)cc1C(C)NC. The van der Waals surface area contributed by atoms with Gasteiger partial charge in [-0.15, -0.1) is 0 Å². The Morgan fingerprint density at radius 1 is 1.20 bits per heavy atom. The number of hydrogen-bond acceptors (Lipinski definition) is 3. The third-order valence-electron chi connectivity index (χ3n) is 3.54. The highest BCUT2D eigenvalue weighted by Crippen LogP contribution is 2.29. The first kappa shape index (κ1) is 17.5. The first-order valence-corrected chi connectivity index (χ1v) is 8.15. The predicted octanol–water partition coefficient (Wildman–Crippen LogP) is 3.51. The molecule has 0 spiro atoms. The fourth-order valence-corrected chi connectivity index (χ4v) is 2.64. The van der Waals surface area contributed by atoms with E-state index in [-0.39, 0.29) is 0 Å². The largest absolute Gasteiger partial charge is 0.370 e. The van der Waals surface area contributed by atoms with Crippen molar-refractivity contribution in [2.24, 2.45) is 0 Å². The molecule has 0 aromatic heterocycles. The number of nitrogens with zero attached hydrogens (tertiary/aromatic N) is 2. The van der Waals surface area contributed by atoms with Gasteiger partial charge in [0.15, 0.2) is 0 Å². The van der Waals surface area contributed by atoms with Crippen LogP contribution in [-0.2, 0) is 0 Å². The average molecular weight is 342 g/mol. The molecule has 0 aliphatic rings. The third-order valence-corrected chi connectivity index (χ3v) is 4.03. The number of hydrogen-bond donors (Lipinski definition) is 1. The molecule has 0 bridgehead atoms. The van der Waals surface area contributed by atoms with Crippen molar-refractivity contribution in [3.63, 3.8) is 0 Å². The molecule has 0 aliphatic carbocycles. The zero-order valence-corrected chi connectivity index (χ0v) is 15.0. The minimum absolute atomic E-state index is 0.348. The molecule has 0 heterocycles. The summed E-state index contributed by atoms with van der Waals surface area (Å²) in [6.07, 6.45) is 1.16. The Kier molecular flexibility index (Phi) is 7.56. The van der Waals surface area contributed by atoms with Crippen LogP contribution in [0.2, 0.25) is 0 Å². The molecule has 0 saturated heterocycles. The summed E-state index contributed by atoms with van der Waals surface area (Å²) in [7, 11) is 6.27. The molecule has 1 atom stereocenters. The molecule has 0 saturated carbocycles. The number of halogens is 1. The molecule has 0 fully saturated rings. The van der Waals surface area contributed by atoms with Gasteiger partial charge in [-0.1, -0.05) is 22.9 Å². The summed E-state index contributed by atoms with van der Waals surface area (Å²) in [6, 6.07) is 6.95. The lowest BCUT2D eigenvalue weighted by Gasteiger charge is -2.30. The van der Waals surface area contributed by atoms with Crippen LogP contribution in [0.4, 0.5) is 5.69 Å². The van der Waals surface area contributed by atoms with Crippen LogP contribution < -0.4 is 10.2 Å².